The molecule has 0 spiro atoms. The van der Waals surface area contributed by atoms with Gasteiger partial charge in [0.25, 0.3) is 0 Å². The molecule has 0 aromatic heterocycles. The number of rotatable bonds is 4. The second-order valence-corrected chi connectivity index (χ2v) is 3.58. The summed E-state index contributed by atoms with van der Waals surface area (Å²) in [6.07, 6.45) is -0.443. The lowest BCUT2D eigenvalue weighted by molar-refractivity contribution is 0.127. The van der Waals surface area contributed by atoms with Crippen LogP contribution in [-0.4, -0.2) is 23.1 Å². The Labute approximate surface area is 86.7 Å². The fourth-order valence-electron chi connectivity index (χ4n) is 0.871. The van der Waals surface area contributed by atoms with E-state index in [-0.39, 0.29) is 0 Å². The fourth-order valence-corrected chi connectivity index (χ4v) is 1.06. The normalized spacial score (nSPS) is 12.5. The molecule has 0 radical (unpaired) electrons. The van der Waals surface area contributed by atoms with Crippen LogP contribution >= 0.6 is 15.9 Å². The van der Waals surface area contributed by atoms with E-state index in [9.17, 15) is 5.11 Å². The van der Waals surface area contributed by atoms with Crippen LogP contribution in [0.1, 0.15) is 5.56 Å². The number of hydrogen-bond donors (Lipinski definition) is 1. The Morgan fingerprint density at radius 2 is 2.00 bits per heavy atom. The summed E-state index contributed by atoms with van der Waals surface area (Å²) in [6.45, 7) is 2.35. The predicted octanol–water partition coefficient (Wildman–Crippen LogP) is 2.13. The Balaban J connectivity index is 2.41. The molecule has 2 nitrogen and oxygen atoms in total. The molecule has 0 aliphatic rings. The van der Waals surface area contributed by atoms with Gasteiger partial charge in [-0.25, -0.2) is 0 Å². The minimum absolute atomic E-state index is 0.328. The van der Waals surface area contributed by atoms with Crippen LogP contribution in [0.3, 0.4) is 0 Å². The zero-order valence-corrected chi connectivity index (χ0v) is 9.12. The number of aliphatic hydroxyl groups is 1. The summed E-state index contributed by atoms with van der Waals surface area (Å²) in [5.41, 5.74) is 1.20. The molecule has 1 aromatic carbocycles. The van der Waals surface area contributed by atoms with Crippen LogP contribution in [0.15, 0.2) is 24.3 Å². The summed E-state index contributed by atoms with van der Waals surface area (Å²) >= 11 is 3.17. The summed E-state index contributed by atoms with van der Waals surface area (Å²) in [6, 6.07) is 7.76. The summed E-state index contributed by atoms with van der Waals surface area (Å²) in [5, 5.41) is 9.74. The highest BCUT2D eigenvalue weighted by Crippen LogP contribution is 2.11. The molecule has 1 N–H and O–H groups in total. The van der Waals surface area contributed by atoms with Crippen LogP contribution in [0.4, 0.5) is 0 Å². The first-order valence-electron chi connectivity index (χ1n) is 4.16. The van der Waals surface area contributed by atoms with Gasteiger partial charge in [0.05, 0.1) is 6.10 Å². The van der Waals surface area contributed by atoms with Gasteiger partial charge in [-0.05, 0) is 19.1 Å². The number of ether oxygens (including phenoxy) is 1. The van der Waals surface area contributed by atoms with Crippen molar-refractivity contribution in [2.24, 2.45) is 0 Å². The SMILES string of the molecule is Cc1ccc(OCC(O)CBr)cc1. The standard InChI is InChI=1S/C10H13BrO2/c1-8-2-4-10(5-3-8)13-7-9(12)6-11/h2-5,9,12H,6-7H2,1H3. The summed E-state index contributed by atoms with van der Waals surface area (Å²) in [4.78, 5) is 0. The molecule has 1 aromatic rings. The van der Waals surface area contributed by atoms with Crippen molar-refractivity contribution in [3.05, 3.63) is 29.8 Å². The van der Waals surface area contributed by atoms with Gasteiger partial charge >= 0.3 is 0 Å². The van der Waals surface area contributed by atoms with Gasteiger partial charge in [0.2, 0.25) is 0 Å². The molecule has 0 heterocycles. The molecule has 0 fully saturated rings. The van der Waals surface area contributed by atoms with E-state index in [0.717, 1.165) is 5.75 Å². The lowest BCUT2D eigenvalue weighted by atomic mass is 10.2. The monoisotopic (exact) mass is 244 g/mol. The second-order valence-electron chi connectivity index (χ2n) is 2.93. The lowest BCUT2D eigenvalue weighted by Crippen LogP contribution is -2.18. The molecule has 1 rings (SSSR count). The first-order valence-corrected chi connectivity index (χ1v) is 5.28. The van der Waals surface area contributed by atoms with Gasteiger partial charge in [0.1, 0.15) is 12.4 Å². The third-order valence-corrected chi connectivity index (χ3v) is 2.39. The minimum atomic E-state index is -0.443. The number of aryl methyl sites for hydroxylation is 1. The molecule has 0 aliphatic heterocycles. The van der Waals surface area contributed by atoms with Crippen LogP contribution in [0.25, 0.3) is 0 Å². The maximum Gasteiger partial charge on any atom is 0.119 e. The largest absolute Gasteiger partial charge is 0.491 e. The van der Waals surface area contributed by atoms with Crippen LogP contribution in [0.2, 0.25) is 0 Å². The topological polar surface area (TPSA) is 29.5 Å². The van der Waals surface area contributed by atoms with Crippen molar-refractivity contribution >= 4 is 15.9 Å². The second kappa shape index (κ2) is 5.25. The van der Waals surface area contributed by atoms with Crippen molar-refractivity contribution in [3.63, 3.8) is 0 Å². The molecular formula is C10H13BrO2. The third kappa shape index (κ3) is 3.79. The summed E-state index contributed by atoms with van der Waals surface area (Å²) in [7, 11) is 0. The maximum atomic E-state index is 9.20. The zero-order valence-electron chi connectivity index (χ0n) is 7.53. The average molecular weight is 245 g/mol. The van der Waals surface area contributed by atoms with Crippen LogP contribution in [0.5, 0.6) is 5.75 Å². The molecule has 13 heavy (non-hydrogen) atoms. The van der Waals surface area contributed by atoms with Crippen molar-refractivity contribution < 1.29 is 9.84 Å². The smallest absolute Gasteiger partial charge is 0.119 e. The van der Waals surface area contributed by atoms with Gasteiger partial charge in [-0.1, -0.05) is 33.6 Å². The predicted molar refractivity (Wildman–Crippen MR) is 56.5 cm³/mol. The van der Waals surface area contributed by atoms with Gasteiger partial charge in [0, 0.05) is 5.33 Å². The quantitative estimate of drug-likeness (QED) is 0.823. The van der Waals surface area contributed by atoms with Crippen molar-refractivity contribution in [3.8, 4) is 5.75 Å². The van der Waals surface area contributed by atoms with E-state index in [1.54, 1.807) is 0 Å². The molecule has 0 aliphatic carbocycles. The van der Waals surface area contributed by atoms with Crippen LogP contribution in [-0.2, 0) is 0 Å². The number of alkyl halides is 1. The fraction of sp³-hybridized carbons (Fsp3) is 0.400. The van der Waals surface area contributed by atoms with Gasteiger partial charge in [-0.15, -0.1) is 0 Å². The van der Waals surface area contributed by atoms with E-state index < -0.39 is 6.10 Å². The van der Waals surface area contributed by atoms with Gasteiger partial charge in [0.15, 0.2) is 0 Å². The summed E-state index contributed by atoms with van der Waals surface area (Å²) in [5.74, 6) is 0.797. The van der Waals surface area contributed by atoms with E-state index in [0.29, 0.717) is 11.9 Å². The Morgan fingerprint density at radius 3 is 2.54 bits per heavy atom. The van der Waals surface area contributed by atoms with E-state index >= 15 is 0 Å². The highest BCUT2D eigenvalue weighted by Gasteiger charge is 2.01. The Hall–Kier alpha value is -0.540. The first kappa shape index (κ1) is 10.5. The Kier molecular flexibility index (Phi) is 4.25. The first-order chi connectivity index (χ1) is 6.22. The molecule has 0 bridgehead atoms. The molecule has 0 saturated carbocycles. The molecular weight excluding hydrogens is 232 g/mol. The van der Waals surface area contributed by atoms with Crippen LogP contribution < -0.4 is 4.74 Å². The number of hydrogen-bond acceptors (Lipinski definition) is 2. The van der Waals surface area contributed by atoms with E-state index in [1.165, 1.54) is 5.56 Å². The van der Waals surface area contributed by atoms with Gasteiger partial charge < -0.3 is 9.84 Å². The maximum absolute atomic E-state index is 9.20. The van der Waals surface area contributed by atoms with E-state index in [2.05, 4.69) is 15.9 Å². The Morgan fingerprint density at radius 1 is 1.38 bits per heavy atom. The highest BCUT2D eigenvalue weighted by atomic mass is 79.9. The van der Waals surface area contributed by atoms with Gasteiger partial charge in [-0.2, -0.15) is 0 Å². The molecule has 1 atom stereocenters. The number of halogens is 1. The zero-order chi connectivity index (χ0) is 9.68. The molecule has 3 heteroatoms. The Bertz CT molecular complexity index is 246. The molecule has 1 unspecified atom stereocenters. The number of aliphatic hydroxyl groups excluding tert-OH is 1. The van der Waals surface area contributed by atoms with Crippen molar-refractivity contribution in [2.75, 3.05) is 11.9 Å². The highest BCUT2D eigenvalue weighted by molar-refractivity contribution is 9.09. The van der Waals surface area contributed by atoms with E-state index in [1.807, 2.05) is 31.2 Å². The van der Waals surface area contributed by atoms with E-state index in [4.69, 9.17) is 4.74 Å². The summed E-state index contributed by atoms with van der Waals surface area (Å²) < 4.78 is 5.33. The van der Waals surface area contributed by atoms with Crippen molar-refractivity contribution in [1.29, 1.82) is 0 Å². The van der Waals surface area contributed by atoms with Crippen molar-refractivity contribution in [1.82, 2.24) is 0 Å². The third-order valence-electron chi connectivity index (χ3n) is 1.64. The van der Waals surface area contributed by atoms with Crippen molar-refractivity contribution in [2.45, 2.75) is 13.0 Å². The molecule has 72 valence electrons. The molecule has 0 saturated heterocycles. The van der Waals surface area contributed by atoms with Crippen LogP contribution in [0, 0.1) is 6.92 Å². The number of benzene rings is 1. The average Bonchev–Trinajstić information content (AvgIpc) is 2.16. The molecule has 0 amide bonds. The minimum Gasteiger partial charge on any atom is -0.491 e. The van der Waals surface area contributed by atoms with Gasteiger partial charge in [-0.3, -0.25) is 0 Å². The lowest BCUT2D eigenvalue weighted by Gasteiger charge is -2.09.